The number of hydrogen-bond donors (Lipinski definition) is 0. The molecule has 1 nitrogen and oxygen atoms in total. The van der Waals surface area contributed by atoms with Gasteiger partial charge in [-0.25, -0.2) is 17.6 Å². The van der Waals surface area contributed by atoms with Gasteiger partial charge in [0.05, 0.1) is 5.56 Å². The van der Waals surface area contributed by atoms with Crippen LogP contribution in [0.15, 0.2) is 60.7 Å². The maximum atomic E-state index is 14.3. The largest absolute Gasteiger partial charge is 0.288 e. The Morgan fingerprint density at radius 2 is 1.12 bits per heavy atom. The second-order valence-corrected chi connectivity index (χ2v) is 5.07. The van der Waals surface area contributed by atoms with Crippen molar-refractivity contribution in [1.82, 2.24) is 0 Å². The van der Waals surface area contributed by atoms with Gasteiger partial charge in [0, 0.05) is 11.1 Å². The molecule has 3 aromatic rings. The predicted octanol–water partition coefficient (Wildman–Crippen LogP) is 5.14. The van der Waals surface area contributed by atoms with Gasteiger partial charge in [0.1, 0.15) is 0 Å². The van der Waals surface area contributed by atoms with E-state index in [2.05, 4.69) is 0 Å². The monoisotopic (exact) mass is 330 g/mol. The van der Waals surface area contributed by atoms with Gasteiger partial charge < -0.3 is 0 Å². The lowest BCUT2D eigenvalue weighted by Gasteiger charge is -2.13. The van der Waals surface area contributed by atoms with Crippen LogP contribution in [-0.4, -0.2) is 5.78 Å². The van der Waals surface area contributed by atoms with E-state index in [1.54, 1.807) is 12.1 Å². The Morgan fingerprint density at radius 1 is 0.625 bits per heavy atom. The molecule has 0 aromatic heterocycles. The minimum Gasteiger partial charge on any atom is -0.288 e. The van der Waals surface area contributed by atoms with Gasteiger partial charge in [-0.1, -0.05) is 60.7 Å². The van der Waals surface area contributed by atoms with Gasteiger partial charge >= 0.3 is 0 Å². The summed E-state index contributed by atoms with van der Waals surface area (Å²) in [5.74, 6) is -8.19. The Labute approximate surface area is 135 Å². The maximum Gasteiger partial charge on any atom is 0.198 e. The van der Waals surface area contributed by atoms with Crippen molar-refractivity contribution in [2.75, 3.05) is 0 Å². The van der Waals surface area contributed by atoms with Crippen molar-refractivity contribution in [1.29, 1.82) is 0 Å². The number of halogens is 4. The van der Waals surface area contributed by atoms with E-state index in [0.717, 1.165) is 0 Å². The van der Waals surface area contributed by atoms with Crippen molar-refractivity contribution in [3.63, 3.8) is 0 Å². The second-order valence-electron chi connectivity index (χ2n) is 5.07. The number of benzene rings is 3. The molecule has 0 aliphatic rings. The molecule has 0 saturated heterocycles. The molecule has 0 saturated carbocycles. The van der Waals surface area contributed by atoms with Crippen molar-refractivity contribution in [2.24, 2.45) is 0 Å². The van der Waals surface area contributed by atoms with Crippen molar-refractivity contribution in [2.45, 2.75) is 0 Å². The van der Waals surface area contributed by atoms with Crippen LogP contribution < -0.4 is 0 Å². The molecule has 0 bridgehead atoms. The highest BCUT2D eigenvalue weighted by Crippen LogP contribution is 2.34. The van der Waals surface area contributed by atoms with Crippen LogP contribution in [0.25, 0.3) is 11.1 Å². The first-order chi connectivity index (χ1) is 11.5. The summed E-state index contributed by atoms with van der Waals surface area (Å²) in [6.45, 7) is 0. The Kier molecular flexibility index (Phi) is 4.16. The summed E-state index contributed by atoms with van der Waals surface area (Å²) < 4.78 is 56.0. The molecule has 0 radical (unpaired) electrons. The topological polar surface area (TPSA) is 17.1 Å². The molecule has 0 unspecified atom stereocenters. The first-order valence-electron chi connectivity index (χ1n) is 7.03. The highest BCUT2D eigenvalue weighted by molar-refractivity contribution is 6.13. The molecule has 3 rings (SSSR count). The minimum atomic E-state index is -2.01. The fraction of sp³-hybridized carbons (Fsp3) is 0. The number of carbonyl (C=O) groups excluding carboxylic acids is 1. The highest BCUT2D eigenvalue weighted by Gasteiger charge is 2.30. The SMILES string of the molecule is O=C(c1ccccc1)c1c(F)c(F)c(F)c(F)c1-c1ccccc1. The lowest BCUT2D eigenvalue weighted by Crippen LogP contribution is -2.12. The van der Waals surface area contributed by atoms with Gasteiger partial charge in [-0.2, -0.15) is 0 Å². The Hall–Kier alpha value is -2.95. The standard InChI is InChI=1S/C19H10F4O/c20-15-13(11-7-3-1-4-8-11)14(16(21)18(23)17(15)22)19(24)12-9-5-2-6-10-12/h1-10H. The molecule has 0 heterocycles. The summed E-state index contributed by atoms with van der Waals surface area (Å²) in [6.07, 6.45) is 0. The average molecular weight is 330 g/mol. The molecule has 0 atom stereocenters. The number of carbonyl (C=O) groups is 1. The van der Waals surface area contributed by atoms with Gasteiger partial charge in [-0.15, -0.1) is 0 Å². The zero-order valence-electron chi connectivity index (χ0n) is 12.2. The summed E-state index contributed by atoms with van der Waals surface area (Å²) in [5.41, 5.74) is -1.31. The summed E-state index contributed by atoms with van der Waals surface area (Å²) in [4.78, 5) is 12.6. The first-order valence-corrected chi connectivity index (χ1v) is 7.03. The van der Waals surface area contributed by atoms with Crippen molar-refractivity contribution >= 4 is 5.78 Å². The normalized spacial score (nSPS) is 10.7. The smallest absolute Gasteiger partial charge is 0.198 e. The minimum absolute atomic E-state index is 0.0407. The average Bonchev–Trinajstić information content (AvgIpc) is 2.63. The zero-order chi connectivity index (χ0) is 17.3. The molecular formula is C19H10F4O. The molecule has 0 spiro atoms. The van der Waals surface area contributed by atoms with Gasteiger partial charge in [-0.05, 0) is 5.56 Å². The molecular weight excluding hydrogens is 320 g/mol. The van der Waals surface area contributed by atoms with Gasteiger partial charge in [0.2, 0.25) is 0 Å². The van der Waals surface area contributed by atoms with Crippen molar-refractivity contribution in [3.05, 3.63) is 95.1 Å². The molecule has 3 aromatic carbocycles. The highest BCUT2D eigenvalue weighted by atomic mass is 19.2. The van der Waals surface area contributed by atoms with Crippen LogP contribution in [0.4, 0.5) is 17.6 Å². The third-order valence-electron chi connectivity index (χ3n) is 3.59. The predicted molar refractivity (Wildman–Crippen MR) is 81.6 cm³/mol. The first kappa shape index (κ1) is 15.9. The van der Waals surface area contributed by atoms with Gasteiger partial charge in [0.15, 0.2) is 29.1 Å². The zero-order valence-corrected chi connectivity index (χ0v) is 12.2. The van der Waals surface area contributed by atoms with Crippen LogP contribution in [0.5, 0.6) is 0 Å². The van der Waals surface area contributed by atoms with E-state index in [1.165, 1.54) is 48.5 Å². The molecule has 0 aliphatic carbocycles. The van der Waals surface area contributed by atoms with E-state index in [-0.39, 0.29) is 11.1 Å². The van der Waals surface area contributed by atoms with Crippen LogP contribution in [0.3, 0.4) is 0 Å². The third kappa shape index (κ3) is 2.58. The lowest BCUT2D eigenvalue weighted by molar-refractivity contribution is 0.103. The van der Waals surface area contributed by atoms with Gasteiger partial charge in [-0.3, -0.25) is 4.79 Å². The van der Waals surface area contributed by atoms with E-state index >= 15 is 0 Å². The fourth-order valence-corrected chi connectivity index (χ4v) is 2.45. The van der Waals surface area contributed by atoms with E-state index < -0.39 is 40.2 Å². The molecule has 0 aliphatic heterocycles. The molecule has 0 amide bonds. The molecule has 0 N–H and O–H groups in total. The molecule has 5 heteroatoms. The van der Waals surface area contributed by atoms with Crippen molar-refractivity contribution in [3.8, 4) is 11.1 Å². The van der Waals surface area contributed by atoms with E-state index in [1.807, 2.05) is 0 Å². The van der Waals surface area contributed by atoms with Crippen LogP contribution in [0.2, 0.25) is 0 Å². The second kappa shape index (κ2) is 6.28. The molecule has 24 heavy (non-hydrogen) atoms. The van der Waals surface area contributed by atoms with Crippen molar-refractivity contribution < 1.29 is 22.4 Å². The van der Waals surface area contributed by atoms with E-state index in [0.29, 0.717) is 0 Å². The Morgan fingerprint density at radius 3 is 1.71 bits per heavy atom. The molecule has 120 valence electrons. The van der Waals surface area contributed by atoms with E-state index in [4.69, 9.17) is 0 Å². The van der Waals surface area contributed by atoms with Gasteiger partial charge in [0.25, 0.3) is 0 Å². The summed E-state index contributed by atoms with van der Waals surface area (Å²) in [5, 5.41) is 0. The fourth-order valence-electron chi connectivity index (χ4n) is 2.45. The van der Waals surface area contributed by atoms with Crippen LogP contribution in [0, 0.1) is 23.3 Å². The van der Waals surface area contributed by atoms with Crippen LogP contribution in [-0.2, 0) is 0 Å². The quantitative estimate of drug-likeness (QED) is 0.281. The van der Waals surface area contributed by atoms with E-state index in [9.17, 15) is 22.4 Å². The number of hydrogen-bond acceptors (Lipinski definition) is 1. The molecule has 0 fully saturated rings. The lowest BCUT2D eigenvalue weighted by atomic mass is 9.92. The third-order valence-corrected chi connectivity index (χ3v) is 3.59. The number of rotatable bonds is 3. The Balaban J connectivity index is 2.34. The number of ketones is 1. The maximum absolute atomic E-state index is 14.3. The van der Waals surface area contributed by atoms with Crippen LogP contribution >= 0.6 is 0 Å². The Bertz CT molecular complexity index is 906. The van der Waals surface area contributed by atoms with Crippen LogP contribution in [0.1, 0.15) is 15.9 Å². The summed E-state index contributed by atoms with van der Waals surface area (Å²) in [6, 6.07) is 14.9. The summed E-state index contributed by atoms with van der Waals surface area (Å²) in [7, 11) is 0. The summed E-state index contributed by atoms with van der Waals surface area (Å²) >= 11 is 0.